The number of aryl methyl sites for hydroxylation is 1. The lowest BCUT2D eigenvalue weighted by atomic mass is 10.00. The third kappa shape index (κ3) is 3.43. The number of rotatable bonds is 4. The monoisotopic (exact) mass is 398 g/mol. The summed E-state index contributed by atoms with van der Waals surface area (Å²) in [7, 11) is 0. The van der Waals surface area contributed by atoms with Crippen LogP contribution in [-0.4, -0.2) is 11.7 Å². The van der Waals surface area contributed by atoms with E-state index in [2.05, 4.69) is 31.9 Å². The summed E-state index contributed by atoms with van der Waals surface area (Å²) in [6, 6.07) is 11.5. The van der Waals surface area contributed by atoms with E-state index in [1.54, 1.807) is 0 Å². The Labute approximate surface area is 136 Å². The molecular formula is C16H16Br2O2. The van der Waals surface area contributed by atoms with Gasteiger partial charge in [0, 0.05) is 4.47 Å². The molecule has 0 aliphatic rings. The van der Waals surface area contributed by atoms with Crippen molar-refractivity contribution in [2.45, 2.75) is 20.0 Å². The molecule has 0 aliphatic carbocycles. The lowest BCUT2D eigenvalue weighted by Gasteiger charge is -2.14. The predicted octanol–water partition coefficient (Wildman–Crippen LogP) is 5.00. The Morgan fingerprint density at radius 3 is 2.30 bits per heavy atom. The first-order chi connectivity index (χ1) is 9.52. The molecule has 1 atom stereocenters. The van der Waals surface area contributed by atoms with Crippen LogP contribution in [0.25, 0.3) is 0 Å². The molecule has 1 N–H and O–H groups in total. The standard InChI is InChI=1S/C16H16Br2O2/c1-3-20-15-7-5-12(9-14(15)18)16(19)11-4-6-13(17)10(2)8-11/h4-9,16,19H,3H2,1-2H3. The molecule has 2 nitrogen and oxygen atoms in total. The van der Waals surface area contributed by atoms with Crippen LogP contribution in [0, 0.1) is 6.92 Å². The van der Waals surface area contributed by atoms with Gasteiger partial charge in [0.15, 0.2) is 0 Å². The van der Waals surface area contributed by atoms with Crippen molar-refractivity contribution in [3.05, 3.63) is 62.0 Å². The highest BCUT2D eigenvalue weighted by molar-refractivity contribution is 9.10. The maximum atomic E-state index is 10.5. The Morgan fingerprint density at radius 2 is 1.70 bits per heavy atom. The molecule has 0 aromatic heterocycles. The second-order valence-electron chi connectivity index (χ2n) is 4.53. The van der Waals surface area contributed by atoms with Gasteiger partial charge in [0.1, 0.15) is 11.9 Å². The number of halogens is 2. The van der Waals surface area contributed by atoms with E-state index in [9.17, 15) is 5.11 Å². The number of benzene rings is 2. The van der Waals surface area contributed by atoms with Crippen molar-refractivity contribution in [2.75, 3.05) is 6.61 Å². The molecule has 0 fully saturated rings. The van der Waals surface area contributed by atoms with E-state index in [-0.39, 0.29) is 0 Å². The third-order valence-electron chi connectivity index (χ3n) is 3.07. The summed E-state index contributed by atoms with van der Waals surface area (Å²) >= 11 is 6.94. The number of aliphatic hydroxyl groups excluding tert-OH is 1. The van der Waals surface area contributed by atoms with Crippen molar-refractivity contribution >= 4 is 31.9 Å². The van der Waals surface area contributed by atoms with Gasteiger partial charge in [-0.3, -0.25) is 0 Å². The summed E-state index contributed by atoms with van der Waals surface area (Å²) in [4.78, 5) is 0. The lowest BCUT2D eigenvalue weighted by Crippen LogP contribution is -2.01. The van der Waals surface area contributed by atoms with Crippen molar-refractivity contribution in [1.82, 2.24) is 0 Å². The minimum atomic E-state index is -0.645. The fraction of sp³-hybridized carbons (Fsp3) is 0.250. The van der Waals surface area contributed by atoms with Crippen LogP contribution in [0.2, 0.25) is 0 Å². The molecule has 106 valence electrons. The van der Waals surface area contributed by atoms with E-state index in [0.29, 0.717) is 6.61 Å². The molecule has 1 unspecified atom stereocenters. The van der Waals surface area contributed by atoms with Gasteiger partial charge in [-0.05, 0) is 64.7 Å². The molecule has 0 amide bonds. The number of aliphatic hydroxyl groups is 1. The molecule has 0 aliphatic heterocycles. The van der Waals surface area contributed by atoms with Gasteiger partial charge >= 0.3 is 0 Å². The lowest BCUT2D eigenvalue weighted by molar-refractivity contribution is 0.220. The first kappa shape index (κ1) is 15.5. The van der Waals surface area contributed by atoms with Crippen LogP contribution >= 0.6 is 31.9 Å². The average Bonchev–Trinajstić information content (AvgIpc) is 2.43. The highest BCUT2D eigenvalue weighted by Gasteiger charge is 2.13. The molecular weight excluding hydrogens is 384 g/mol. The summed E-state index contributed by atoms with van der Waals surface area (Å²) in [5.41, 5.74) is 2.82. The Hall–Kier alpha value is -0.840. The number of hydrogen-bond acceptors (Lipinski definition) is 2. The second-order valence-corrected chi connectivity index (χ2v) is 6.24. The maximum absolute atomic E-state index is 10.5. The van der Waals surface area contributed by atoms with E-state index in [1.807, 2.05) is 50.2 Å². The minimum absolute atomic E-state index is 0.617. The Balaban J connectivity index is 2.30. The van der Waals surface area contributed by atoms with Gasteiger partial charge in [0.05, 0.1) is 11.1 Å². The molecule has 0 radical (unpaired) electrons. The first-order valence-corrected chi connectivity index (χ1v) is 7.98. The summed E-state index contributed by atoms with van der Waals surface area (Å²) in [5, 5.41) is 10.5. The molecule has 0 saturated carbocycles. The van der Waals surface area contributed by atoms with Crippen molar-refractivity contribution < 1.29 is 9.84 Å². The zero-order chi connectivity index (χ0) is 14.7. The molecule has 0 heterocycles. The maximum Gasteiger partial charge on any atom is 0.133 e. The summed E-state index contributed by atoms with van der Waals surface area (Å²) in [5.74, 6) is 0.787. The van der Waals surface area contributed by atoms with Crippen molar-refractivity contribution in [2.24, 2.45) is 0 Å². The molecule has 2 aromatic carbocycles. The zero-order valence-corrected chi connectivity index (χ0v) is 14.5. The van der Waals surface area contributed by atoms with Crippen molar-refractivity contribution in [1.29, 1.82) is 0 Å². The van der Waals surface area contributed by atoms with Gasteiger partial charge in [-0.25, -0.2) is 0 Å². The zero-order valence-electron chi connectivity index (χ0n) is 11.4. The molecule has 0 spiro atoms. The molecule has 2 aromatic rings. The smallest absolute Gasteiger partial charge is 0.133 e. The van der Waals surface area contributed by atoms with Crippen LogP contribution in [0.4, 0.5) is 0 Å². The third-order valence-corrected chi connectivity index (χ3v) is 4.58. The van der Waals surface area contributed by atoms with Crippen LogP contribution in [0.3, 0.4) is 0 Å². The molecule has 0 bridgehead atoms. The molecule has 0 saturated heterocycles. The van der Waals surface area contributed by atoms with Gasteiger partial charge in [-0.15, -0.1) is 0 Å². The van der Waals surface area contributed by atoms with Crippen LogP contribution < -0.4 is 4.74 Å². The minimum Gasteiger partial charge on any atom is -0.493 e. The first-order valence-electron chi connectivity index (χ1n) is 6.39. The van der Waals surface area contributed by atoms with E-state index >= 15 is 0 Å². The van der Waals surface area contributed by atoms with Crippen LogP contribution in [0.15, 0.2) is 45.3 Å². The summed E-state index contributed by atoms with van der Waals surface area (Å²) in [6.07, 6.45) is -0.645. The molecule has 20 heavy (non-hydrogen) atoms. The fourth-order valence-corrected chi connectivity index (χ4v) is 2.75. The SMILES string of the molecule is CCOc1ccc(C(O)c2ccc(Br)c(C)c2)cc1Br. The van der Waals surface area contributed by atoms with Gasteiger partial charge in [0.2, 0.25) is 0 Å². The Morgan fingerprint density at radius 1 is 1.05 bits per heavy atom. The van der Waals surface area contributed by atoms with Crippen LogP contribution in [-0.2, 0) is 0 Å². The summed E-state index contributed by atoms with van der Waals surface area (Å²) in [6.45, 7) is 4.57. The number of ether oxygens (including phenoxy) is 1. The van der Waals surface area contributed by atoms with E-state index in [1.165, 1.54) is 0 Å². The fourth-order valence-electron chi connectivity index (χ4n) is 1.99. The van der Waals surface area contributed by atoms with E-state index < -0.39 is 6.10 Å². The van der Waals surface area contributed by atoms with E-state index in [4.69, 9.17) is 4.74 Å². The Kier molecular flexibility index (Phi) is 5.24. The highest BCUT2D eigenvalue weighted by Crippen LogP contribution is 2.31. The quantitative estimate of drug-likeness (QED) is 0.783. The predicted molar refractivity (Wildman–Crippen MR) is 88.3 cm³/mol. The van der Waals surface area contributed by atoms with Gasteiger partial charge in [-0.2, -0.15) is 0 Å². The largest absolute Gasteiger partial charge is 0.493 e. The Bertz CT molecular complexity index is 611. The number of hydrogen-bond donors (Lipinski definition) is 1. The van der Waals surface area contributed by atoms with E-state index in [0.717, 1.165) is 31.4 Å². The van der Waals surface area contributed by atoms with Gasteiger partial charge in [0.25, 0.3) is 0 Å². The normalized spacial score (nSPS) is 12.2. The summed E-state index contributed by atoms with van der Waals surface area (Å²) < 4.78 is 7.37. The van der Waals surface area contributed by atoms with Crippen LogP contribution in [0.5, 0.6) is 5.75 Å². The molecule has 4 heteroatoms. The van der Waals surface area contributed by atoms with Crippen LogP contribution in [0.1, 0.15) is 29.7 Å². The van der Waals surface area contributed by atoms with Crippen molar-refractivity contribution in [3.8, 4) is 5.75 Å². The second kappa shape index (κ2) is 6.74. The van der Waals surface area contributed by atoms with Gasteiger partial charge < -0.3 is 9.84 Å². The molecule has 2 rings (SSSR count). The highest BCUT2D eigenvalue weighted by atomic mass is 79.9. The topological polar surface area (TPSA) is 29.5 Å². The average molecular weight is 400 g/mol. The van der Waals surface area contributed by atoms with Gasteiger partial charge in [-0.1, -0.05) is 34.1 Å². The van der Waals surface area contributed by atoms with Crippen molar-refractivity contribution in [3.63, 3.8) is 0 Å².